The molecule has 0 aromatic carbocycles. The number of hydrogen-bond acceptors (Lipinski definition) is 3. The van der Waals surface area contributed by atoms with Crippen LogP contribution < -0.4 is 10.6 Å². The van der Waals surface area contributed by atoms with Gasteiger partial charge in [-0.25, -0.2) is 0 Å². The van der Waals surface area contributed by atoms with Crippen molar-refractivity contribution < 1.29 is 0 Å². The van der Waals surface area contributed by atoms with Crippen molar-refractivity contribution in [2.45, 2.75) is 25.3 Å². The van der Waals surface area contributed by atoms with Gasteiger partial charge < -0.3 is 10.6 Å². The minimum Gasteiger partial charge on any atom is -0.315 e. The van der Waals surface area contributed by atoms with Gasteiger partial charge in [0.25, 0.3) is 0 Å². The molecule has 0 saturated carbocycles. The molecule has 3 heteroatoms. The van der Waals surface area contributed by atoms with E-state index in [0.29, 0.717) is 5.54 Å². The summed E-state index contributed by atoms with van der Waals surface area (Å²) in [5, 5.41) is 7.00. The summed E-state index contributed by atoms with van der Waals surface area (Å²) >= 11 is 1.93. The zero-order chi connectivity index (χ0) is 8.86. The SMILES string of the molecule is CSCCCNC1(C)CCNC1. The molecule has 0 radical (unpaired) electrons. The molecule has 72 valence electrons. The van der Waals surface area contributed by atoms with E-state index in [-0.39, 0.29) is 0 Å². The van der Waals surface area contributed by atoms with E-state index in [1.54, 1.807) is 0 Å². The Hall–Kier alpha value is 0.270. The van der Waals surface area contributed by atoms with Crippen LogP contribution in [0.15, 0.2) is 0 Å². The standard InChI is InChI=1S/C9H20N2S/c1-9(4-6-10-8-9)11-5-3-7-12-2/h10-11H,3-8H2,1-2H3. The maximum atomic E-state index is 3.62. The Kier molecular flexibility index (Phi) is 4.40. The van der Waals surface area contributed by atoms with Crippen molar-refractivity contribution in [1.29, 1.82) is 0 Å². The third kappa shape index (κ3) is 3.33. The normalized spacial score (nSPS) is 29.5. The molecule has 1 rings (SSSR count). The first-order valence-electron chi connectivity index (χ1n) is 4.71. The van der Waals surface area contributed by atoms with Gasteiger partial charge in [-0.3, -0.25) is 0 Å². The molecule has 0 spiro atoms. The molecule has 0 aromatic rings. The third-order valence-electron chi connectivity index (χ3n) is 2.45. The Morgan fingerprint density at radius 2 is 2.42 bits per heavy atom. The smallest absolute Gasteiger partial charge is 0.0289 e. The fourth-order valence-electron chi connectivity index (χ4n) is 1.57. The molecule has 1 atom stereocenters. The van der Waals surface area contributed by atoms with Crippen LogP contribution in [0, 0.1) is 0 Å². The summed E-state index contributed by atoms with van der Waals surface area (Å²) in [7, 11) is 0. The topological polar surface area (TPSA) is 24.1 Å². The average molecular weight is 188 g/mol. The Morgan fingerprint density at radius 3 is 3.00 bits per heavy atom. The maximum Gasteiger partial charge on any atom is 0.0289 e. The van der Waals surface area contributed by atoms with Crippen LogP contribution in [0.1, 0.15) is 19.8 Å². The van der Waals surface area contributed by atoms with Gasteiger partial charge >= 0.3 is 0 Å². The second kappa shape index (κ2) is 5.10. The number of thioether (sulfide) groups is 1. The van der Waals surface area contributed by atoms with Crippen molar-refractivity contribution in [1.82, 2.24) is 10.6 Å². The monoisotopic (exact) mass is 188 g/mol. The van der Waals surface area contributed by atoms with Crippen LogP contribution in [-0.2, 0) is 0 Å². The molecule has 1 heterocycles. The van der Waals surface area contributed by atoms with Crippen molar-refractivity contribution >= 4 is 11.8 Å². The first-order valence-corrected chi connectivity index (χ1v) is 6.11. The minimum atomic E-state index is 0.373. The van der Waals surface area contributed by atoms with Gasteiger partial charge in [0, 0.05) is 12.1 Å². The molecule has 1 fully saturated rings. The van der Waals surface area contributed by atoms with Crippen LogP contribution in [0.3, 0.4) is 0 Å². The zero-order valence-corrected chi connectivity index (χ0v) is 8.97. The highest BCUT2D eigenvalue weighted by molar-refractivity contribution is 7.98. The Morgan fingerprint density at radius 1 is 1.58 bits per heavy atom. The minimum absolute atomic E-state index is 0.373. The molecule has 0 aliphatic carbocycles. The van der Waals surface area contributed by atoms with Gasteiger partial charge in [0.05, 0.1) is 0 Å². The number of rotatable bonds is 5. The van der Waals surface area contributed by atoms with Gasteiger partial charge in [-0.05, 0) is 44.9 Å². The fraction of sp³-hybridized carbons (Fsp3) is 1.00. The number of hydrogen-bond donors (Lipinski definition) is 2. The molecule has 12 heavy (non-hydrogen) atoms. The van der Waals surface area contributed by atoms with Gasteiger partial charge in [-0.2, -0.15) is 11.8 Å². The average Bonchev–Trinajstić information content (AvgIpc) is 2.47. The van der Waals surface area contributed by atoms with Crippen molar-refractivity contribution in [2.24, 2.45) is 0 Å². The summed E-state index contributed by atoms with van der Waals surface area (Å²) < 4.78 is 0. The Bertz CT molecular complexity index is 122. The molecule has 1 aliphatic rings. The van der Waals surface area contributed by atoms with E-state index in [4.69, 9.17) is 0 Å². The van der Waals surface area contributed by atoms with E-state index in [2.05, 4.69) is 23.8 Å². The van der Waals surface area contributed by atoms with Crippen LogP contribution in [0.25, 0.3) is 0 Å². The van der Waals surface area contributed by atoms with Crippen LogP contribution >= 0.6 is 11.8 Å². The lowest BCUT2D eigenvalue weighted by molar-refractivity contribution is 0.389. The van der Waals surface area contributed by atoms with E-state index in [0.717, 1.165) is 6.54 Å². The molecule has 2 nitrogen and oxygen atoms in total. The summed E-state index contributed by atoms with van der Waals surface area (Å²) in [6.45, 7) is 5.78. The van der Waals surface area contributed by atoms with Crippen molar-refractivity contribution in [3.63, 3.8) is 0 Å². The lowest BCUT2D eigenvalue weighted by Crippen LogP contribution is -2.44. The van der Waals surface area contributed by atoms with E-state index in [9.17, 15) is 0 Å². The number of nitrogens with one attached hydrogen (secondary N) is 2. The van der Waals surface area contributed by atoms with Crippen molar-refractivity contribution in [2.75, 3.05) is 31.6 Å². The van der Waals surface area contributed by atoms with E-state index >= 15 is 0 Å². The lowest BCUT2D eigenvalue weighted by atomic mass is 10.0. The molecule has 1 saturated heterocycles. The van der Waals surface area contributed by atoms with Crippen molar-refractivity contribution in [3.8, 4) is 0 Å². The quantitative estimate of drug-likeness (QED) is 0.631. The highest BCUT2D eigenvalue weighted by atomic mass is 32.2. The van der Waals surface area contributed by atoms with Crippen molar-refractivity contribution in [3.05, 3.63) is 0 Å². The van der Waals surface area contributed by atoms with Crippen LogP contribution in [0.2, 0.25) is 0 Å². The molecule has 0 amide bonds. The second-order valence-electron chi connectivity index (χ2n) is 3.76. The van der Waals surface area contributed by atoms with E-state index in [1.165, 1.54) is 31.7 Å². The van der Waals surface area contributed by atoms with E-state index < -0.39 is 0 Å². The molecular weight excluding hydrogens is 168 g/mol. The summed E-state index contributed by atoms with van der Waals surface area (Å²) in [6.07, 6.45) is 4.72. The van der Waals surface area contributed by atoms with Gasteiger partial charge in [0.15, 0.2) is 0 Å². The molecule has 0 bridgehead atoms. The first-order chi connectivity index (χ1) is 5.77. The second-order valence-corrected chi connectivity index (χ2v) is 4.75. The summed E-state index contributed by atoms with van der Waals surface area (Å²) in [6, 6.07) is 0. The highest BCUT2D eigenvalue weighted by Crippen LogP contribution is 2.12. The van der Waals surface area contributed by atoms with Crippen LogP contribution in [0.4, 0.5) is 0 Å². The molecule has 1 unspecified atom stereocenters. The largest absolute Gasteiger partial charge is 0.315 e. The summed E-state index contributed by atoms with van der Waals surface area (Å²) in [5.74, 6) is 1.27. The molecule has 1 aliphatic heterocycles. The summed E-state index contributed by atoms with van der Waals surface area (Å²) in [4.78, 5) is 0. The Labute approximate surface area is 79.9 Å². The third-order valence-corrected chi connectivity index (χ3v) is 3.14. The summed E-state index contributed by atoms with van der Waals surface area (Å²) in [5.41, 5.74) is 0.373. The Balaban J connectivity index is 2.05. The van der Waals surface area contributed by atoms with E-state index in [1.807, 2.05) is 11.8 Å². The molecule has 2 N–H and O–H groups in total. The van der Waals surface area contributed by atoms with Gasteiger partial charge in [-0.15, -0.1) is 0 Å². The molecule has 0 aromatic heterocycles. The van der Waals surface area contributed by atoms with Gasteiger partial charge in [0.1, 0.15) is 0 Å². The lowest BCUT2D eigenvalue weighted by Gasteiger charge is -2.24. The van der Waals surface area contributed by atoms with Crippen LogP contribution in [-0.4, -0.2) is 37.2 Å². The fourth-order valence-corrected chi connectivity index (χ4v) is 2.01. The zero-order valence-electron chi connectivity index (χ0n) is 8.15. The predicted octanol–water partition coefficient (Wildman–Crippen LogP) is 1.08. The highest BCUT2D eigenvalue weighted by Gasteiger charge is 2.26. The predicted molar refractivity (Wildman–Crippen MR) is 56.9 cm³/mol. The van der Waals surface area contributed by atoms with Crippen LogP contribution in [0.5, 0.6) is 0 Å². The molecular formula is C9H20N2S. The van der Waals surface area contributed by atoms with Gasteiger partial charge in [0.2, 0.25) is 0 Å². The maximum absolute atomic E-state index is 3.62. The van der Waals surface area contributed by atoms with Gasteiger partial charge in [-0.1, -0.05) is 0 Å². The first kappa shape index (κ1) is 10.4.